The first-order chi connectivity index (χ1) is 10.9. The van der Waals surface area contributed by atoms with Gasteiger partial charge in [0.1, 0.15) is 0 Å². The molecule has 0 aliphatic carbocycles. The molecule has 23 heavy (non-hydrogen) atoms. The van der Waals surface area contributed by atoms with Gasteiger partial charge in [0.2, 0.25) is 11.8 Å². The molecule has 1 N–H and O–H groups in total. The van der Waals surface area contributed by atoms with Gasteiger partial charge in [-0.25, -0.2) is 0 Å². The van der Waals surface area contributed by atoms with E-state index in [9.17, 15) is 4.79 Å². The summed E-state index contributed by atoms with van der Waals surface area (Å²) in [6.45, 7) is 11.9. The third kappa shape index (κ3) is 4.53. The number of amides is 1. The molecule has 6 heteroatoms. The molecule has 0 aromatic carbocycles. The Bertz CT molecular complexity index is 514. The summed E-state index contributed by atoms with van der Waals surface area (Å²) in [5.74, 6) is 2.17. The van der Waals surface area contributed by atoms with Crippen molar-refractivity contribution < 1.29 is 9.32 Å². The highest BCUT2D eigenvalue weighted by Crippen LogP contribution is 2.22. The first-order valence-electron chi connectivity index (χ1n) is 8.79. The van der Waals surface area contributed by atoms with E-state index in [2.05, 4.69) is 36.2 Å². The minimum Gasteiger partial charge on any atom is -0.342 e. The molecule has 1 amide bonds. The van der Waals surface area contributed by atoms with E-state index in [0.29, 0.717) is 17.9 Å². The molecule has 1 aromatic heterocycles. The Balaban J connectivity index is 1.89. The van der Waals surface area contributed by atoms with Crippen molar-refractivity contribution in [3.05, 3.63) is 11.7 Å². The second-order valence-corrected chi connectivity index (χ2v) is 7.00. The standard InChI is InChI=1S/C17H30N4O2/c1-6-7-15-19-16(23-20-15)13(5)18-14-8-9-21(10-12(14)4)17(22)11(2)3/h11-14,18H,6-10H2,1-5H3/t12-,13+,14+/m1/s1. The van der Waals surface area contributed by atoms with E-state index in [0.717, 1.165) is 38.2 Å². The van der Waals surface area contributed by atoms with Gasteiger partial charge in [0.05, 0.1) is 6.04 Å². The quantitative estimate of drug-likeness (QED) is 0.871. The fourth-order valence-corrected chi connectivity index (χ4v) is 3.12. The number of rotatable bonds is 6. The van der Waals surface area contributed by atoms with Crippen molar-refractivity contribution in [1.29, 1.82) is 0 Å². The molecule has 3 atom stereocenters. The first-order valence-corrected chi connectivity index (χ1v) is 8.79. The maximum Gasteiger partial charge on any atom is 0.243 e. The zero-order chi connectivity index (χ0) is 17.0. The maximum atomic E-state index is 12.1. The predicted molar refractivity (Wildman–Crippen MR) is 88.8 cm³/mol. The van der Waals surface area contributed by atoms with Crippen LogP contribution in [0.3, 0.4) is 0 Å². The molecule has 1 saturated heterocycles. The summed E-state index contributed by atoms with van der Waals surface area (Å²) < 4.78 is 5.36. The maximum absolute atomic E-state index is 12.1. The van der Waals surface area contributed by atoms with Crippen molar-refractivity contribution >= 4 is 5.91 Å². The van der Waals surface area contributed by atoms with Crippen molar-refractivity contribution in [2.24, 2.45) is 11.8 Å². The Morgan fingerprint density at radius 2 is 2.17 bits per heavy atom. The molecule has 0 spiro atoms. The largest absolute Gasteiger partial charge is 0.342 e. The summed E-state index contributed by atoms with van der Waals surface area (Å²) in [6, 6.07) is 0.399. The highest BCUT2D eigenvalue weighted by atomic mass is 16.5. The number of hydrogen-bond acceptors (Lipinski definition) is 5. The number of nitrogens with one attached hydrogen (secondary N) is 1. The molecule has 1 aromatic rings. The number of hydrogen-bond donors (Lipinski definition) is 1. The summed E-state index contributed by atoms with van der Waals surface area (Å²) in [7, 11) is 0. The van der Waals surface area contributed by atoms with Gasteiger partial charge in [0.15, 0.2) is 5.82 Å². The van der Waals surface area contributed by atoms with E-state index in [1.807, 2.05) is 18.7 Å². The fourth-order valence-electron chi connectivity index (χ4n) is 3.12. The van der Waals surface area contributed by atoms with E-state index in [1.165, 1.54) is 0 Å². The highest BCUT2D eigenvalue weighted by molar-refractivity contribution is 5.78. The van der Waals surface area contributed by atoms with E-state index in [-0.39, 0.29) is 17.9 Å². The number of aromatic nitrogens is 2. The third-order valence-electron chi connectivity index (χ3n) is 4.50. The first kappa shape index (κ1) is 17.9. The van der Waals surface area contributed by atoms with Crippen molar-refractivity contribution in [2.75, 3.05) is 13.1 Å². The van der Waals surface area contributed by atoms with Crippen molar-refractivity contribution in [3.63, 3.8) is 0 Å². The van der Waals surface area contributed by atoms with Crippen molar-refractivity contribution in [2.45, 2.75) is 66.0 Å². The normalized spacial score (nSPS) is 23.3. The Morgan fingerprint density at radius 1 is 1.43 bits per heavy atom. The van der Waals surface area contributed by atoms with Gasteiger partial charge in [0, 0.05) is 31.5 Å². The number of aryl methyl sites for hydroxylation is 1. The zero-order valence-electron chi connectivity index (χ0n) is 15.0. The third-order valence-corrected chi connectivity index (χ3v) is 4.50. The Morgan fingerprint density at radius 3 is 2.78 bits per heavy atom. The van der Waals surface area contributed by atoms with Crippen LogP contribution in [0.2, 0.25) is 0 Å². The SMILES string of the molecule is CCCc1noc([C@H](C)N[C@H]2CCN(C(=O)C(C)C)C[C@H]2C)n1. The topological polar surface area (TPSA) is 71.3 Å². The molecule has 2 heterocycles. The number of carbonyl (C=O) groups excluding carboxylic acids is 1. The summed E-state index contributed by atoms with van der Waals surface area (Å²) in [5, 5.41) is 7.61. The lowest BCUT2D eigenvalue weighted by Crippen LogP contribution is -2.51. The van der Waals surface area contributed by atoms with Gasteiger partial charge >= 0.3 is 0 Å². The summed E-state index contributed by atoms with van der Waals surface area (Å²) in [6.07, 6.45) is 2.82. The van der Waals surface area contributed by atoms with E-state index in [4.69, 9.17) is 4.52 Å². The molecule has 2 rings (SSSR count). The van der Waals surface area contributed by atoms with Crippen LogP contribution in [0.5, 0.6) is 0 Å². The molecule has 0 unspecified atom stereocenters. The molecule has 6 nitrogen and oxygen atoms in total. The van der Waals surface area contributed by atoms with E-state index < -0.39 is 0 Å². The smallest absolute Gasteiger partial charge is 0.243 e. The van der Waals surface area contributed by atoms with Gasteiger partial charge in [-0.2, -0.15) is 4.98 Å². The molecule has 0 bridgehead atoms. The second-order valence-electron chi connectivity index (χ2n) is 7.00. The van der Waals surface area contributed by atoms with Gasteiger partial charge in [-0.3, -0.25) is 4.79 Å². The van der Waals surface area contributed by atoms with Crippen molar-refractivity contribution in [1.82, 2.24) is 20.4 Å². The zero-order valence-corrected chi connectivity index (χ0v) is 15.0. The molecular weight excluding hydrogens is 292 g/mol. The number of likely N-dealkylation sites (tertiary alicyclic amines) is 1. The Kier molecular flexibility index (Phi) is 6.16. The summed E-state index contributed by atoms with van der Waals surface area (Å²) in [5.41, 5.74) is 0. The van der Waals surface area contributed by atoms with Crippen LogP contribution in [0, 0.1) is 11.8 Å². The van der Waals surface area contributed by atoms with Crippen LogP contribution in [0.15, 0.2) is 4.52 Å². The van der Waals surface area contributed by atoms with Gasteiger partial charge in [-0.1, -0.05) is 32.9 Å². The predicted octanol–water partition coefficient (Wildman–Crippen LogP) is 2.57. The van der Waals surface area contributed by atoms with Gasteiger partial charge < -0.3 is 14.7 Å². The van der Waals surface area contributed by atoms with Crippen LogP contribution in [0.4, 0.5) is 0 Å². The van der Waals surface area contributed by atoms with Crippen LogP contribution < -0.4 is 5.32 Å². The van der Waals surface area contributed by atoms with Crippen molar-refractivity contribution in [3.8, 4) is 0 Å². The number of piperidine rings is 1. The minimum atomic E-state index is 0.0351. The van der Waals surface area contributed by atoms with Crippen LogP contribution in [0.25, 0.3) is 0 Å². The molecule has 1 aliphatic heterocycles. The molecule has 0 radical (unpaired) electrons. The van der Waals surface area contributed by atoms with E-state index >= 15 is 0 Å². The molecular formula is C17H30N4O2. The molecule has 1 aliphatic rings. The van der Waals surface area contributed by atoms with Crippen LogP contribution >= 0.6 is 0 Å². The Hall–Kier alpha value is -1.43. The van der Waals surface area contributed by atoms with Crippen LogP contribution in [-0.2, 0) is 11.2 Å². The second kappa shape index (κ2) is 7.90. The summed E-state index contributed by atoms with van der Waals surface area (Å²) >= 11 is 0. The molecule has 1 fully saturated rings. The molecule has 0 saturated carbocycles. The van der Waals surface area contributed by atoms with Crippen LogP contribution in [0.1, 0.15) is 65.2 Å². The minimum absolute atomic E-state index is 0.0351. The lowest BCUT2D eigenvalue weighted by Gasteiger charge is -2.39. The average Bonchev–Trinajstić information content (AvgIpc) is 2.97. The van der Waals surface area contributed by atoms with Gasteiger partial charge in [-0.15, -0.1) is 0 Å². The lowest BCUT2D eigenvalue weighted by atomic mass is 9.92. The lowest BCUT2D eigenvalue weighted by molar-refractivity contribution is -0.136. The fraction of sp³-hybridized carbons (Fsp3) is 0.824. The Labute approximate surface area is 139 Å². The van der Waals surface area contributed by atoms with E-state index in [1.54, 1.807) is 0 Å². The number of carbonyl (C=O) groups is 1. The monoisotopic (exact) mass is 322 g/mol. The molecule has 130 valence electrons. The van der Waals surface area contributed by atoms with Crippen LogP contribution in [-0.4, -0.2) is 40.1 Å². The van der Waals surface area contributed by atoms with Gasteiger partial charge in [-0.05, 0) is 25.7 Å². The van der Waals surface area contributed by atoms with Gasteiger partial charge in [0.25, 0.3) is 0 Å². The average molecular weight is 322 g/mol. The number of nitrogens with zero attached hydrogens (tertiary/aromatic N) is 3. The highest BCUT2D eigenvalue weighted by Gasteiger charge is 2.31. The summed E-state index contributed by atoms with van der Waals surface area (Å²) in [4.78, 5) is 18.6.